The minimum absolute atomic E-state index is 0.254. The second-order valence-corrected chi connectivity index (χ2v) is 9.11. The molecule has 33 heavy (non-hydrogen) atoms. The van der Waals surface area contributed by atoms with Gasteiger partial charge in [-0.05, 0) is 64.2 Å². The van der Waals surface area contributed by atoms with Crippen LogP contribution in [0.15, 0.2) is 30.3 Å². The van der Waals surface area contributed by atoms with Gasteiger partial charge in [0, 0.05) is 16.0 Å². The zero-order valence-corrected chi connectivity index (χ0v) is 19.7. The summed E-state index contributed by atoms with van der Waals surface area (Å²) in [4.78, 5) is 43.9. The number of nitrogens with zero attached hydrogens (tertiary/aromatic N) is 1. The summed E-state index contributed by atoms with van der Waals surface area (Å²) in [7, 11) is 0. The molecule has 0 spiro atoms. The van der Waals surface area contributed by atoms with E-state index in [1.54, 1.807) is 26.0 Å². The Balaban J connectivity index is 1.54. The Bertz CT molecular complexity index is 1230. The summed E-state index contributed by atoms with van der Waals surface area (Å²) < 4.78 is 10.7. The van der Waals surface area contributed by atoms with E-state index in [4.69, 9.17) is 9.47 Å². The average Bonchev–Trinajstić information content (AvgIpc) is 3.16. The standard InChI is InChI=1S/C25H26N2O5S/c1-4-31-25(30)21-17-10-6-8-12-20(17)33-23(21)27-22(28)15(3)32-24(29)18-13-14(2)26-19-11-7-5-9-16(18)19/h5,7,9,11,13,15H,4,6,8,10,12H2,1-3H3,(H,27,28). The number of nitrogens with one attached hydrogen (secondary N) is 1. The number of amides is 1. The number of thiophene rings is 1. The van der Waals surface area contributed by atoms with Gasteiger partial charge >= 0.3 is 11.9 Å². The molecule has 3 aromatic rings. The number of aryl methyl sites for hydroxylation is 2. The maximum atomic E-state index is 12.9. The lowest BCUT2D eigenvalue weighted by atomic mass is 9.95. The van der Waals surface area contributed by atoms with E-state index in [9.17, 15) is 14.4 Å². The van der Waals surface area contributed by atoms with Gasteiger partial charge in [0.05, 0.1) is 23.3 Å². The molecule has 2 aromatic heterocycles. The number of para-hydroxylation sites is 1. The monoisotopic (exact) mass is 466 g/mol. The van der Waals surface area contributed by atoms with Crippen molar-refractivity contribution in [1.82, 2.24) is 4.98 Å². The van der Waals surface area contributed by atoms with Gasteiger partial charge in [0.25, 0.3) is 5.91 Å². The van der Waals surface area contributed by atoms with E-state index in [2.05, 4.69) is 10.3 Å². The fraction of sp³-hybridized carbons (Fsp3) is 0.360. The molecule has 0 saturated carbocycles. The summed E-state index contributed by atoms with van der Waals surface area (Å²) in [6.07, 6.45) is 2.66. The SMILES string of the molecule is CCOC(=O)c1c(NC(=O)C(C)OC(=O)c2cc(C)nc3ccccc23)sc2c1CCCC2. The van der Waals surface area contributed by atoms with E-state index in [0.717, 1.165) is 36.1 Å². The van der Waals surface area contributed by atoms with Crippen LogP contribution in [0.3, 0.4) is 0 Å². The van der Waals surface area contributed by atoms with Gasteiger partial charge in [-0.25, -0.2) is 9.59 Å². The fourth-order valence-electron chi connectivity index (χ4n) is 4.04. The number of ether oxygens (including phenoxy) is 2. The van der Waals surface area contributed by atoms with Crippen molar-refractivity contribution >= 4 is 45.1 Å². The molecule has 1 N–H and O–H groups in total. The van der Waals surface area contributed by atoms with Crippen LogP contribution in [0.2, 0.25) is 0 Å². The van der Waals surface area contributed by atoms with E-state index in [0.29, 0.717) is 32.7 Å². The van der Waals surface area contributed by atoms with Gasteiger partial charge in [-0.3, -0.25) is 9.78 Å². The first kappa shape index (κ1) is 22.9. The molecule has 1 unspecified atom stereocenters. The molecule has 1 aromatic carbocycles. The van der Waals surface area contributed by atoms with Crippen LogP contribution < -0.4 is 5.32 Å². The molecule has 0 saturated heterocycles. The molecule has 0 bridgehead atoms. The van der Waals surface area contributed by atoms with Crippen molar-refractivity contribution in [2.75, 3.05) is 11.9 Å². The molecule has 0 radical (unpaired) electrons. The van der Waals surface area contributed by atoms with Gasteiger partial charge in [0.15, 0.2) is 6.10 Å². The Morgan fingerprint density at radius 3 is 2.70 bits per heavy atom. The van der Waals surface area contributed by atoms with Crippen LogP contribution in [0.4, 0.5) is 5.00 Å². The van der Waals surface area contributed by atoms with Crippen LogP contribution in [0.1, 0.15) is 63.5 Å². The Labute approximate surface area is 196 Å². The highest BCUT2D eigenvalue weighted by molar-refractivity contribution is 7.17. The fourth-order valence-corrected chi connectivity index (χ4v) is 5.32. The third-order valence-corrected chi connectivity index (χ3v) is 6.81. The molecule has 4 rings (SSSR count). The molecule has 1 amide bonds. The molecular weight excluding hydrogens is 440 g/mol. The minimum atomic E-state index is -1.06. The van der Waals surface area contributed by atoms with Gasteiger partial charge in [-0.2, -0.15) is 0 Å². The first-order valence-electron chi connectivity index (χ1n) is 11.1. The third kappa shape index (κ3) is 4.75. The van der Waals surface area contributed by atoms with Crippen molar-refractivity contribution in [2.45, 2.75) is 52.6 Å². The zero-order valence-electron chi connectivity index (χ0n) is 18.9. The number of hydrogen-bond acceptors (Lipinski definition) is 7. The van der Waals surface area contributed by atoms with Crippen LogP contribution in [0.5, 0.6) is 0 Å². The number of esters is 2. The van der Waals surface area contributed by atoms with Crippen LogP contribution >= 0.6 is 11.3 Å². The summed E-state index contributed by atoms with van der Waals surface area (Å²) >= 11 is 1.40. The van der Waals surface area contributed by atoms with E-state index in [1.165, 1.54) is 18.3 Å². The molecule has 0 fully saturated rings. The van der Waals surface area contributed by atoms with E-state index < -0.39 is 23.9 Å². The van der Waals surface area contributed by atoms with E-state index in [1.807, 2.05) is 18.2 Å². The molecule has 1 atom stereocenters. The molecule has 7 nitrogen and oxygen atoms in total. The molecule has 2 heterocycles. The topological polar surface area (TPSA) is 94.6 Å². The van der Waals surface area contributed by atoms with Crippen molar-refractivity contribution in [3.05, 3.63) is 57.6 Å². The maximum Gasteiger partial charge on any atom is 0.341 e. The second-order valence-electron chi connectivity index (χ2n) is 8.00. The summed E-state index contributed by atoms with van der Waals surface area (Å²) in [6.45, 7) is 5.32. The Morgan fingerprint density at radius 1 is 1.15 bits per heavy atom. The lowest BCUT2D eigenvalue weighted by Crippen LogP contribution is -2.30. The Morgan fingerprint density at radius 2 is 1.91 bits per heavy atom. The Kier molecular flexibility index (Phi) is 6.74. The highest BCUT2D eigenvalue weighted by atomic mass is 32.1. The first-order valence-corrected chi connectivity index (χ1v) is 11.9. The maximum absolute atomic E-state index is 12.9. The molecule has 1 aliphatic carbocycles. The molecule has 0 aliphatic heterocycles. The van der Waals surface area contributed by atoms with Gasteiger partial charge in [-0.15, -0.1) is 11.3 Å². The van der Waals surface area contributed by atoms with Crippen molar-refractivity contribution in [1.29, 1.82) is 0 Å². The number of carbonyl (C=O) groups excluding carboxylic acids is 3. The minimum Gasteiger partial charge on any atom is -0.462 e. The number of pyridine rings is 1. The van der Waals surface area contributed by atoms with Gasteiger partial charge in [0.2, 0.25) is 0 Å². The number of carbonyl (C=O) groups is 3. The predicted molar refractivity (Wildman–Crippen MR) is 127 cm³/mol. The Hall–Kier alpha value is -3.26. The van der Waals surface area contributed by atoms with Gasteiger partial charge in [0.1, 0.15) is 5.00 Å². The molecular formula is C25H26N2O5S. The van der Waals surface area contributed by atoms with E-state index in [-0.39, 0.29) is 6.61 Å². The van der Waals surface area contributed by atoms with E-state index >= 15 is 0 Å². The molecule has 1 aliphatic rings. The average molecular weight is 467 g/mol. The number of benzene rings is 1. The van der Waals surface area contributed by atoms with Crippen molar-refractivity contribution in [3.8, 4) is 0 Å². The number of rotatable bonds is 6. The van der Waals surface area contributed by atoms with Crippen molar-refractivity contribution in [2.24, 2.45) is 0 Å². The quantitative estimate of drug-likeness (QED) is 0.522. The summed E-state index contributed by atoms with van der Waals surface area (Å²) in [6, 6.07) is 8.94. The lowest BCUT2D eigenvalue weighted by Gasteiger charge is -2.15. The van der Waals surface area contributed by atoms with Crippen LogP contribution in [0, 0.1) is 6.92 Å². The third-order valence-electron chi connectivity index (χ3n) is 5.60. The molecule has 8 heteroatoms. The summed E-state index contributed by atoms with van der Waals surface area (Å²) in [5.74, 6) is -1.53. The number of fused-ring (bicyclic) bond motifs is 2. The molecule has 172 valence electrons. The highest BCUT2D eigenvalue weighted by Gasteiger charge is 2.29. The van der Waals surface area contributed by atoms with Gasteiger partial charge < -0.3 is 14.8 Å². The van der Waals surface area contributed by atoms with Crippen LogP contribution in [-0.2, 0) is 27.1 Å². The predicted octanol–water partition coefficient (Wildman–Crippen LogP) is 4.84. The number of aromatic nitrogens is 1. The van der Waals surface area contributed by atoms with Crippen LogP contribution in [0.25, 0.3) is 10.9 Å². The van der Waals surface area contributed by atoms with Crippen molar-refractivity contribution < 1.29 is 23.9 Å². The zero-order chi connectivity index (χ0) is 23.5. The lowest BCUT2D eigenvalue weighted by molar-refractivity contribution is -0.123. The summed E-state index contributed by atoms with van der Waals surface area (Å²) in [5.41, 5.74) is 3.12. The summed E-state index contributed by atoms with van der Waals surface area (Å²) in [5, 5.41) is 3.92. The number of hydrogen-bond donors (Lipinski definition) is 1. The van der Waals surface area contributed by atoms with Crippen LogP contribution in [-0.4, -0.2) is 35.5 Å². The smallest absolute Gasteiger partial charge is 0.341 e. The normalized spacial score (nSPS) is 13.8. The van der Waals surface area contributed by atoms with Crippen molar-refractivity contribution in [3.63, 3.8) is 0 Å². The van der Waals surface area contributed by atoms with Gasteiger partial charge in [-0.1, -0.05) is 18.2 Å². The number of anilines is 1. The second kappa shape index (κ2) is 9.70. The highest BCUT2D eigenvalue weighted by Crippen LogP contribution is 2.38. The largest absolute Gasteiger partial charge is 0.462 e. The first-order chi connectivity index (χ1) is 15.9.